The van der Waals surface area contributed by atoms with Crippen molar-refractivity contribution in [3.63, 3.8) is 0 Å². The van der Waals surface area contributed by atoms with Crippen LogP contribution in [0.1, 0.15) is 24.8 Å². The van der Waals surface area contributed by atoms with Crippen LogP contribution in [0.25, 0.3) is 22.8 Å². The molecule has 0 spiro atoms. The lowest BCUT2D eigenvalue weighted by atomic mass is 9.85. The van der Waals surface area contributed by atoms with Crippen LogP contribution in [0.3, 0.4) is 0 Å². The summed E-state index contributed by atoms with van der Waals surface area (Å²) in [5.41, 5.74) is 3.41. The normalized spacial score (nSPS) is 14.3. The SMILES string of the molecule is COc1ccc(-c2nc(-c3cccc(CN(C)C)c3)nn2CC2CCC2)cc1. The molecule has 1 aliphatic rings. The number of hydrogen-bond donors (Lipinski definition) is 0. The monoisotopic (exact) mass is 376 g/mol. The molecule has 28 heavy (non-hydrogen) atoms. The molecule has 0 radical (unpaired) electrons. The van der Waals surface area contributed by atoms with Crippen molar-refractivity contribution in [3.05, 3.63) is 54.1 Å². The highest BCUT2D eigenvalue weighted by atomic mass is 16.5. The van der Waals surface area contributed by atoms with Crippen LogP contribution < -0.4 is 4.74 Å². The highest BCUT2D eigenvalue weighted by Gasteiger charge is 2.22. The van der Waals surface area contributed by atoms with Crippen LogP contribution >= 0.6 is 0 Å². The summed E-state index contributed by atoms with van der Waals surface area (Å²) < 4.78 is 7.40. The van der Waals surface area contributed by atoms with Gasteiger partial charge < -0.3 is 9.64 Å². The Morgan fingerprint density at radius 1 is 1.07 bits per heavy atom. The van der Waals surface area contributed by atoms with Crippen molar-refractivity contribution in [2.75, 3.05) is 21.2 Å². The van der Waals surface area contributed by atoms with Gasteiger partial charge in [0.2, 0.25) is 0 Å². The molecule has 0 unspecified atom stereocenters. The minimum absolute atomic E-state index is 0.714. The van der Waals surface area contributed by atoms with Gasteiger partial charge in [0.25, 0.3) is 0 Å². The number of methoxy groups -OCH3 is 1. The van der Waals surface area contributed by atoms with Crippen LogP contribution in [0.2, 0.25) is 0 Å². The Bertz CT molecular complexity index is 926. The van der Waals surface area contributed by atoms with Gasteiger partial charge in [-0.1, -0.05) is 24.6 Å². The van der Waals surface area contributed by atoms with Gasteiger partial charge in [0.15, 0.2) is 11.6 Å². The number of aromatic nitrogens is 3. The van der Waals surface area contributed by atoms with E-state index < -0.39 is 0 Å². The average molecular weight is 377 g/mol. The summed E-state index contributed by atoms with van der Waals surface area (Å²) in [7, 11) is 5.85. The molecule has 0 saturated heterocycles. The fourth-order valence-corrected chi connectivity index (χ4v) is 3.64. The predicted molar refractivity (Wildman–Crippen MR) is 112 cm³/mol. The summed E-state index contributed by atoms with van der Waals surface area (Å²) in [5.74, 6) is 3.30. The molecular formula is C23H28N4O. The fourth-order valence-electron chi connectivity index (χ4n) is 3.64. The quantitative estimate of drug-likeness (QED) is 0.610. The lowest BCUT2D eigenvalue weighted by Gasteiger charge is -2.25. The van der Waals surface area contributed by atoms with Crippen molar-refractivity contribution in [2.45, 2.75) is 32.4 Å². The van der Waals surface area contributed by atoms with Crippen LogP contribution in [0.5, 0.6) is 5.75 Å². The fraction of sp³-hybridized carbons (Fsp3) is 0.391. The minimum Gasteiger partial charge on any atom is -0.497 e. The molecule has 146 valence electrons. The molecule has 1 aromatic heterocycles. The van der Waals surface area contributed by atoms with Gasteiger partial charge in [-0.3, -0.25) is 0 Å². The Morgan fingerprint density at radius 2 is 1.86 bits per heavy atom. The number of hydrogen-bond acceptors (Lipinski definition) is 4. The van der Waals surface area contributed by atoms with Crippen molar-refractivity contribution in [1.82, 2.24) is 19.7 Å². The number of rotatable bonds is 7. The third kappa shape index (κ3) is 4.09. The van der Waals surface area contributed by atoms with Gasteiger partial charge in [-0.25, -0.2) is 9.67 Å². The largest absolute Gasteiger partial charge is 0.497 e. The second-order valence-electron chi connectivity index (χ2n) is 7.90. The molecule has 5 nitrogen and oxygen atoms in total. The van der Waals surface area contributed by atoms with E-state index in [-0.39, 0.29) is 0 Å². The molecule has 4 rings (SSSR count). The Morgan fingerprint density at radius 3 is 2.50 bits per heavy atom. The molecule has 1 aliphatic carbocycles. The molecule has 0 atom stereocenters. The Hall–Kier alpha value is -2.66. The summed E-state index contributed by atoms with van der Waals surface area (Å²) in [6.07, 6.45) is 3.90. The highest BCUT2D eigenvalue weighted by Crippen LogP contribution is 2.31. The summed E-state index contributed by atoms with van der Waals surface area (Å²) in [6, 6.07) is 16.6. The molecule has 1 heterocycles. The number of nitrogens with zero attached hydrogens (tertiary/aromatic N) is 4. The predicted octanol–water partition coefficient (Wildman–Crippen LogP) is 4.48. The molecular weight excluding hydrogens is 348 g/mol. The second kappa shape index (κ2) is 8.15. The first kappa shape index (κ1) is 18.7. The standard InChI is InChI=1S/C23H28N4O/c1-26(2)15-18-8-5-9-20(14-18)22-24-23(19-10-12-21(28-3)13-11-19)27(25-22)16-17-6-4-7-17/h5,8-14,17H,4,6-7,15-16H2,1-3H3. The van der Waals surface area contributed by atoms with E-state index in [0.29, 0.717) is 5.92 Å². The Kier molecular flexibility index (Phi) is 5.44. The third-order valence-corrected chi connectivity index (χ3v) is 5.36. The van der Waals surface area contributed by atoms with E-state index >= 15 is 0 Å². The summed E-state index contributed by atoms with van der Waals surface area (Å²) in [5, 5.41) is 4.90. The van der Waals surface area contributed by atoms with Crippen molar-refractivity contribution >= 4 is 0 Å². The second-order valence-corrected chi connectivity index (χ2v) is 7.90. The first-order valence-corrected chi connectivity index (χ1v) is 9.95. The third-order valence-electron chi connectivity index (χ3n) is 5.36. The maximum Gasteiger partial charge on any atom is 0.181 e. The Labute approximate surface area is 167 Å². The van der Waals surface area contributed by atoms with E-state index in [1.165, 1.54) is 24.8 Å². The first-order valence-electron chi connectivity index (χ1n) is 9.95. The van der Waals surface area contributed by atoms with Crippen LogP contribution in [0.4, 0.5) is 0 Å². The van der Waals surface area contributed by atoms with Gasteiger partial charge in [-0.15, -0.1) is 0 Å². The molecule has 0 amide bonds. The maximum atomic E-state index is 5.30. The minimum atomic E-state index is 0.714. The Balaban J connectivity index is 1.70. The van der Waals surface area contributed by atoms with Crippen LogP contribution in [0, 0.1) is 5.92 Å². The van der Waals surface area contributed by atoms with Crippen LogP contribution in [0.15, 0.2) is 48.5 Å². The molecule has 1 saturated carbocycles. The summed E-state index contributed by atoms with van der Waals surface area (Å²) in [4.78, 5) is 7.11. The van der Waals surface area contributed by atoms with Crippen molar-refractivity contribution in [2.24, 2.45) is 5.92 Å². The van der Waals surface area contributed by atoms with E-state index in [0.717, 1.165) is 41.6 Å². The van der Waals surface area contributed by atoms with Gasteiger partial charge in [0.05, 0.1) is 7.11 Å². The number of ether oxygens (including phenoxy) is 1. The van der Waals surface area contributed by atoms with Gasteiger partial charge >= 0.3 is 0 Å². The highest BCUT2D eigenvalue weighted by molar-refractivity contribution is 5.62. The van der Waals surface area contributed by atoms with Crippen LogP contribution in [-0.2, 0) is 13.1 Å². The summed E-state index contributed by atoms with van der Waals surface area (Å²) in [6.45, 7) is 1.84. The van der Waals surface area contributed by atoms with Crippen molar-refractivity contribution in [3.8, 4) is 28.5 Å². The zero-order valence-electron chi connectivity index (χ0n) is 16.9. The molecule has 0 bridgehead atoms. The number of benzene rings is 2. The van der Waals surface area contributed by atoms with E-state index in [9.17, 15) is 0 Å². The maximum absolute atomic E-state index is 5.30. The van der Waals surface area contributed by atoms with Gasteiger partial charge in [-0.05, 0) is 68.8 Å². The topological polar surface area (TPSA) is 43.2 Å². The zero-order chi connectivity index (χ0) is 19.5. The van der Waals surface area contributed by atoms with E-state index in [4.69, 9.17) is 14.8 Å². The van der Waals surface area contributed by atoms with E-state index in [2.05, 4.69) is 60.1 Å². The molecule has 0 N–H and O–H groups in total. The van der Waals surface area contributed by atoms with Crippen molar-refractivity contribution in [1.29, 1.82) is 0 Å². The molecule has 2 aromatic carbocycles. The average Bonchev–Trinajstić information content (AvgIpc) is 3.08. The van der Waals surface area contributed by atoms with E-state index in [1.807, 2.05) is 12.1 Å². The summed E-state index contributed by atoms with van der Waals surface area (Å²) >= 11 is 0. The lowest BCUT2D eigenvalue weighted by Crippen LogP contribution is -2.19. The van der Waals surface area contributed by atoms with Crippen molar-refractivity contribution < 1.29 is 4.74 Å². The molecule has 3 aromatic rings. The lowest BCUT2D eigenvalue weighted by molar-refractivity contribution is 0.268. The smallest absolute Gasteiger partial charge is 0.181 e. The van der Waals surface area contributed by atoms with Gasteiger partial charge in [-0.2, -0.15) is 5.10 Å². The molecule has 5 heteroatoms. The van der Waals surface area contributed by atoms with Crippen LogP contribution in [-0.4, -0.2) is 40.9 Å². The van der Waals surface area contributed by atoms with Gasteiger partial charge in [0.1, 0.15) is 5.75 Å². The zero-order valence-corrected chi connectivity index (χ0v) is 16.9. The van der Waals surface area contributed by atoms with Gasteiger partial charge in [0, 0.05) is 24.2 Å². The molecule has 0 aliphatic heterocycles. The van der Waals surface area contributed by atoms with E-state index in [1.54, 1.807) is 7.11 Å². The molecule has 1 fully saturated rings. The first-order chi connectivity index (χ1) is 13.6.